The fraction of sp³-hybridized carbons (Fsp3) is 0.727. The number of ether oxygens (including phenoxy) is 2. The number of urea groups is 1. The Bertz CT molecular complexity index is 344. The molecule has 1 rings (SSSR count). The topological polar surface area (TPSA) is 84.9 Å². The van der Waals surface area contributed by atoms with Crippen LogP contribution in [0.3, 0.4) is 0 Å². The molecule has 0 bridgehead atoms. The van der Waals surface area contributed by atoms with Crippen LogP contribution in [-0.4, -0.2) is 56.2 Å². The molecule has 0 aromatic heterocycles. The first-order valence-corrected chi connectivity index (χ1v) is 5.73. The molecular formula is C11H18N2O5. The fourth-order valence-corrected chi connectivity index (χ4v) is 1.78. The van der Waals surface area contributed by atoms with Crippen LogP contribution in [0.2, 0.25) is 0 Å². The molecule has 1 heterocycles. The van der Waals surface area contributed by atoms with E-state index in [0.717, 1.165) is 4.90 Å². The van der Waals surface area contributed by atoms with E-state index in [1.165, 1.54) is 14.2 Å². The average molecular weight is 258 g/mol. The maximum Gasteiger partial charge on any atom is 0.330 e. The minimum absolute atomic E-state index is 0.0682. The summed E-state index contributed by atoms with van der Waals surface area (Å²) in [4.78, 5) is 36.0. The molecule has 1 fully saturated rings. The highest BCUT2D eigenvalue weighted by Gasteiger charge is 2.39. The third-order valence-electron chi connectivity index (χ3n) is 2.84. The van der Waals surface area contributed by atoms with Crippen LogP contribution in [-0.2, 0) is 19.1 Å². The van der Waals surface area contributed by atoms with Crippen LogP contribution < -0.4 is 5.32 Å². The van der Waals surface area contributed by atoms with Gasteiger partial charge in [0.05, 0.1) is 19.3 Å². The monoisotopic (exact) mass is 258 g/mol. The molecule has 1 aliphatic rings. The molecule has 0 spiro atoms. The molecule has 102 valence electrons. The smallest absolute Gasteiger partial charge is 0.330 e. The zero-order valence-corrected chi connectivity index (χ0v) is 10.8. The molecule has 2 atom stereocenters. The molecule has 0 aromatic rings. The van der Waals surface area contributed by atoms with Crippen molar-refractivity contribution in [3.63, 3.8) is 0 Å². The third-order valence-corrected chi connectivity index (χ3v) is 2.84. The number of amides is 4. The Labute approximate surface area is 105 Å². The second kappa shape index (κ2) is 6.46. The number of nitrogens with zero attached hydrogens (tertiary/aromatic N) is 1. The van der Waals surface area contributed by atoms with Crippen molar-refractivity contribution in [1.82, 2.24) is 10.2 Å². The molecular weight excluding hydrogens is 240 g/mol. The van der Waals surface area contributed by atoms with Gasteiger partial charge in [-0.1, -0.05) is 6.92 Å². The maximum absolute atomic E-state index is 12.0. The number of carbonyl (C=O) groups excluding carboxylic acids is 3. The van der Waals surface area contributed by atoms with Crippen LogP contribution in [0.25, 0.3) is 0 Å². The predicted molar refractivity (Wildman–Crippen MR) is 61.7 cm³/mol. The van der Waals surface area contributed by atoms with Gasteiger partial charge in [0.25, 0.3) is 0 Å². The molecule has 0 saturated carbocycles. The Morgan fingerprint density at radius 1 is 1.33 bits per heavy atom. The minimum Gasteiger partial charge on any atom is -0.382 e. The lowest BCUT2D eigenvalue weighted by Crippen LogP contribution is -2.59. The number of nitrogens with one attached hydrogen (secondary N) is 1. The zero-order chi connectivity index (χ0) is 13.7. The van der Waals surface area contributed by atoms with Gasteiger partial charge in [-0.2, -0.15) is 0 Å². The molecule has 18 heavy (non-hydrogen) atoms. The van der Waals surface area contributed by atoms with Crippen molar-refractivity contribution in [3.8, 4) is 0 Å². The number of methoxy groups -OCH3 is 2. The highest BCUT2D eigenvalue weighted by Crippen LogP contribution is 2.14. The minimum atomic E-state index is -0.803. The van der Waals surface area contributed by atoms with Crippen molar-refractivity contribution in [3.05, 3.63) is 0 Å². The summed E-state index contributed by atoms with van der Waals surface area (Å²) in [7, 11) is 2.97. The fourth-order valence-electron chi connectivity index (χ4n) is 1.78. The summed E-state index contributed by atoms with van der Waals surface area (Å²) in [5.74, 6) is -1.82. The molecule has 4 amide bonds. The van der Waals surface area contributed by atoms with Crippen molar-refractivity contribution in [2.24, 2.45) is 5.92 Å². The van der Waals surface area contributed by atoms with E-state index in [1.54, 1.807) is 6.92 Å². The lowest BCUT2D eigenvalue weighted by atomic mass is 10.0. The van der Waals surface area contributed by atoms with E-state index in [-0.39, 0.29) is 13.2 Å². The van der Waals surface area contributed by atoms with Crippen molar-refractivity contribution in [2.75, 3.05) is 27.4 Å². The summed E-state index contributed by atoms with van der Waals surface area (Å²) >= 11 is 0. The van der Waals surface area contributed by atoms with Crippen LogP contribution >= 0.6 is 0 Å². The normalized spacial score (nSPS) is 22.1. The van der Waals surface area contributed by atoms with Gasteiger partial charge in [0, 0.05) is 14.2 Å². The first-order chi connectivity index (χ1) is 8.54. The zero-order valence-electron chi connectivity index (χ0n) is 10.8. The third kappa shape index (κ3) is 3.05. The number of barbiturate groups is 1. The second-order valence-corrected chi connectivity index (χ2v) is 4.02. The van der Waals surface area contributed by atoms with Crippen LogP contribution in [0.5, 0.6) is 0 Å². The van der Waals surface area contributed by atoms with Crippen LogP contribution in [0.1, 0.15) is 13.3 Å². The summed E-state index contributed by atoms with van der Waals surface area (Å²) in [5.41, 5.74) is 0. The van der Waals surface area contributed by atoms with E-state index in [0.29, 0.717) is 6.42 Å². The van der Waals surface area contributed by atoms with E-state index in [4.69, 9.17) is 9.47 Å². The van der Waals surface area contributed by atoms with E-state index in [9.17, 15) is 14.4 Å². The van der Waals surface area contributed by atoms with Gasteiger partial charge in [0.15, 0.2) is 0 Å². The molecule has 2 unspecified atom stereocenters. The summed E-state index contributed by atoms with van der Waals surface area (Å²) in [6, 6.07) is -0.701. The van der Waals surface area contributed by atoms with E-state index >= 15 is 0 Å². The summed E-state index contributed by atoms with van der Waals surface area (Å²) in [6.45, 7) is 2.05. The summed E-state index contributed by atoms with van der Waals surface area (Å²) in [6.07, 6.45) is -0.0495. The van der Waals surface area contributed by atoms with Crippen molar-refractivity contribution in [2.45, 2.75) is 19.4 Å². The van der Waals surface area contributed by atoms with E-state index < -0.39 is 29.9 Å². The van der Waals surface area contributed by atoms with Crippen LogP contribution in [0, 0.1) is 5.92 Å². The number of hydrogen-bond acceptors (Lipinski definition) is 5. The highest BCUT2D eigenvalue weighted by molar-refractivity contribution is 6.16. The molecule has 1 N–H and O–H groups in total. The Morgan fingerprint density at radius 2 is 2.00 bits per heavy atom. The molecule has 7 heteroatoms. The second-order valence-electron chi connectivity index (χ2n) is 4.02. The van der Waals surface area contributed by atoms with Gasteiger partial charge < -0.3 is 9.47 Å². The standard InChI is InChI=1S/C11H18N2O5/c1-4-8-9(14)12-11(16)13(10(8)15)5-7(18-3)6-17-2/h7-8H,4-6H2,1-3H3,(H,12,14,16). The van der Waals surface area contributed by atoms with Crippen molar-refractivity contribution in [1.29, 1.82) is 0 Å². The molecule has 7 nitrogen and oxygen atoms in total. The number of rotatable bonds is 6. The van der Waals surface area contributed by atoms with Gasteiger partial charge in [0.2, 0.25) is 11.8 Å². The Kier molecular flexibility index (Phi) is 5.24. The van der Waals surface area contributed by atoms with Gasteiger partial charge in [-0.25, -0.2) is 4.79 Å². The Hall–Kier alpha value is -1.47. The van der Waals surface area contributed by atoms with Gasteiger partial charge in [-0.3, -0.25) is 19.8 Å². The highest BCUT2D eigenvalue weighted by atomic mass is 16.5. The van der Waals surface area contributed by atoms with Gasteiger partial charge in [-0.05, 0) is 6.42 Å². The molecule has 1 saturated heterocycles. The summed E-state index contributed by atoms with van der Waals surface area (Å²) < 4.78 is 10.0. The summed E-state index contributed by atoms with van der Waals surface area (Å²) in [5, 5.41) is 2.16. The first-order valence-electron chi connectivity index (χ1n) is 5.73. The van der Waals surface area contributed by atoms with Crippen LogP contribution in [0.4, 0.5) is 4.79 Å². The molecule has 0 aliphatic carbocycles. The first kappa shape index (κ1) is 14.6. The number of carbonyl (C=O) groups is 3. The largest absolute Gasteiger partial charge is 0.382 e. The number of hydrogen-bond donors (Lipinski definition) is 1. The Balaban J connectivity index is 2.76. The van der Waals surface area contributed by atoms with Crippen molar-refractivity contribution < 1.29 is 23.9 Å². The molecule has 0 aromatic carbocycles. The van der Waals surface area contributed by atoms with Crippen LogP contribution in [0.15, 0.2) is 0 Å². The van der Waals surface area contributed by atoms with Gasteiger partial charge in [-0.15, -0.1) is 0 Å². The molecule has 0 radical (unpaired) electrons. The van der Waals surface area contributed by atoms with Gasteiger partial charge >= 0.3 is 6.03 Å². The predicted octanol–water partition coefficient (Wildman–Crippen LogP) is -0.248. The SMILES string of the molecule is CCC1C(=O)NC(=O)N(CC(COC)OC)C1=O. The molecule has 1 aliphatic heterocycles. The van der Waals surface area contributed by atoms with E-state index in [1.807, 2.05) is 0 Å². The maximum atomic E-state index is 12.0. The lowest BCUT2D eigenvalue weighted by molar-refractivity contribution is -0.144. The van der Waals surface area contributed by atoms with E-state index in [2.05, 4.69) is 5.32 Å². The lowest BCUT2D eigenvalue weighted by Gasteiger charge is -2.31. The Morgan fingerprint density at radius 3 is 2.50 bits per heavy atom. The number of imide groups is 2. The average Bonchev–Trinajstić information content (AvgIpc) is 2.33. The quantitative estimate of drug-likeness (QED) is 0.664. The van der Waals surface area contributed by atoms with Crippen molar-refractivity contribution >= 4 is 17.8 Å². The van der Waals surface area contributed by atoms with Gasteiger partial charge in [0.1, 0.15) is 5.92 Å².